The van der Waals surface area contributed by atoms with Gasteiger partial charge in [0.15, 0.2) is 5.82 Å². The fourth-order valence-corrected chi connectivity index (χ4v) is 1.69. The SMILES string of the molecule is CC[C@@H]1C[C@H]1C(=O)c1nncn1C. The predicted octanol–water partition coefficient (Wildman–Crippen LogP) is 1.04. The Labute approximate surface area is 77.0 Å². The second-order valence-corrected chi connectivity index (χ2v) is 3.64. The molecule has 4 nitrogen and oxygen atoms in total. The Morgan fingerprint density at radius 2 is 2.54 bits per heavy atom. The number of Topliss-reactive ketones (excluding diaryl/α,β-unsaturated/α-hetero) is 1. The van der Waals surface area contributed by atoms with Gasteiger partial charge in [0.25, 0.3) is 0 Å². The van der Waals surface area contributed by atoms with Gasteiger partial charge in [0, 0.05) is 13.0 Å². The first-order valence-corrected chi connectivity index (χ1v) is 4.62. The van der Waals surface area contributed by atoms with Gasteiger partial charge in [0.2, 0.25) is 5.78 Å². The normalized spacial score (nSPS) is 26.0. The van der Waals surface area contributed by atoms with E-state index in [2.05, 4.69) is 17.1 Å². The van der Waals surface area contributed by atoms with Gasteiger partial charge in [-0.15, -0.1) is 10.2 Å². The molecule has 2 atom stereocenters. The molecule has 0 saturated heterocycles. The van der Waals surface area contributed by atoms with E-state index in [4.69, 9.17) is 0 Å². The highest BCUT2D eigenvalue weighted by molar-refractivity contribution is 5.96. The lowest BCUT2D eigenvalue weighted by molar-refractivity contribution is 0.0947. The van der Waals surface area contributed by atoms with Crippen LogP contribution in [-0.2, 0) is 7.05 Å². The zero-order valence-corrected chi connectivity index (χ0v) is 7.90. The first-order chi connectivity index (χ1) is 6.24. The summed E-state index contributed by atoms with van der Waals surface area (Å²) in [5, 5.41) is 7.51. The number of rotatable bonds is 3. The average Bonchev–Trinajstić information content (AvgIpc) is 2.80. The number of hydrogen-bond donors (Lipinski definition) is 0. The number of ketones is 1. The molecule has 0 radical (unpaired) electrons. The van der Waals surface area contributed by atoms with Crippen molar-refractivity contribution in [2.24, 2.45) is 18.9 Å². The molecular weight excluding hydrogens is 166 g/mol. The average molecular weight is 179 g/mol. The molecule has 0 aliphatic heterocycles. The minimum Gasteiger partial charge on any atom is -0.314 e. The van der Waals surface area contributed by atoms with Gasteiger partial charge >= 0.3 is 0 Å². The summed E-state index contributed by atoms with van der Waals surface area (Å²) in [6.45, 7) is 2.12. The maximum Gasteiger partial charge on any atom is 0.203 e. The Morgan fingerprint density at radius 1 is 1.77 bits per heavy atom. The minimum atomic E-state index is 0.159. The van der Waals surface area contributed by atoms with Crippen molar-refractivity contribution >= 4 is 5.78 Å². The van der Waals surface area contributed by atoms with Gasteiger partial charge in [0.1, 0.15) is 6.33 Å². The molecule has 0 aromatic carbocycles. The van der Waals surface area contributed by atoms with Crippen LogP contribution in [0.5, 0.6) is 0 Å². The molecule has 1 saturated carbocycles. The van der Waals surface area contributed by atoms with Gasteiger partial charge in [-0.2, -0.15) is 0 Å². The first kappa shape index (κ1) is 8.41. The molecule has 2 rings (SSSR count). The molecule has 0 bridgehead atoms. The van der Waals surface area contributed by atoms with E-state index in [0.29, 0.717) is 11.7 Å². The molecule has 1 aliphatic rings. The summed E-state index contributed by atoms with van der Waals surface area (Å²) >= 11 is 0. The second-order valence-electron chi connectivity index (χ2n) is 3.64. The maximum atomic E-state index is 11.7. The smallest absolute Gasteiger partial charge is 0.203 e. The number of hydrogen-bond acceptors (Lipinski definition) is 3. The molecule has 4 heteroatoms. The van der Waals surface area contributed by atoms with E-state index in [1.807, 2.05) is 0 Å². The quantitative estimate of drug-likeness (QED) is 0.651. The third-order valence-electron chi connectivity index (χ3n) is 2.72. The highest BCUT2D eigenvalue weighted by atomic mass is 16.1. The van der Waals surface area contributed by atoms with Crippen molar-refractivity contribution < 1.29 is 4.79 Å². The van der Waals surface area contributed by atoms with Crippen molar-refractivity contribution in [1.29, 1.82) is 0 Å². The summed E-state index contributed by atoms with van der Waals surface area (Å²) in [5.74, 6) is 1.46. The summed E-state index contributed by atoms with van der Waals surface area (Å²) in [6, 6.07) is 0. The van der Waals surface area contributed by atoms with Gasteiger partial charge in [-0.25, -0.2) is 0 Å². The van der Waals surface area contributed by atoms with Gasteiger partial charge in [-0.1, -0.05) is 13.3 Å². The molecule has 1 aromatic heterocycles. The van der Waals surface area contributed by atoms with Crippen LogP contribution in [0, 0.1) is 11.8 Å². The van der Waals surface area contributed by atoms with Crippen LogP contribution in [0.4, 0.5) is 0 Å². The largest absolute Gasteiger partial charge is 0.314 e. The standard InChI is InChI=1S/C9H13N3O/c1-3-6-4-7(6)8(13)9-11-10-5-12(9)2/h5-7H,3-4H2,1-2H3/t6-,7-/m1/s1. The topological polar surface area (TPSA) is 47.8 Å². The summed E-state index contributed by atoms with van der Waals surface area (Å²) in [7, 11) is 1.80. The number of nitrogens with zero attached hydrogens (tertiary/aromatic N) is 3. The van der Waals surface area contributed by atoms with Crippen molar-refractivity contribution in [3.05, 3.63) is 12.2 Å². The summed E-state index contributed by atoms with van der Waals surface area (Å²) in [5.41, 5.74) is 0. The monoisotopic (exact) mass is 179 g/mol. The fraction of sp³-hybridized carbons (Fsp3) is 0.667. The molecular formula is C9H13N3O. The van der Waals surface area contributed by atoms with Crippen LogP contribution in [0.15, 0.2) is 6.33 Å². The van der Waals surface area contributed by atoms with Crippen LogP contribution in [0.1, 0.15) is 30.4 Å². The molecule has 1 heterocycles. The highest BCUT2D eigenvalue weighted by Crippen LogP contribution is 2.42. The number of carbonyl (C=O) groups is 1. The molecule has 0 spiro atoms. The number of carbonyl (C=O) groups excluding carboxylic acids is 1. The lowest BCUT2D eigenvalue weighted by atomic mass is 10.2. The van der Waals surface area contributed by atoms with Crippen molar-refractivity contribution in [2.45, 2.75) is 19.8 Å². The van der Waals surface area contributed by atoms with E-state index in [1.165, 1.54) is 0 Å². The molecule has 0 N–H and O–H groups in total. The fourth-order valence-electron chi connectivity index (χ4n) is 1.69. The van der Waals surface area contributed by atoms with Crippen molar-refractivity contribution in [2.75, 3.05) is 0 Å². The van der Waals surface area contributed by atoms with E-state index in [-0.39, 0.29) is 11.7 Å². The third kappa shape index (κ3) is 1.36. The van der Waals surface area contributed by atoms with E-state index >= 15 is 0 Å². The minimum absolute atomic E-state index is 0.159. The zero-order chi connectivity index (χ0) is 9.42. The van der Waals surface area contributed by atoms with Gasteiger partial charge < -0.3 is 4.57 Å². The Hall–Kier alpha value is -1.19. The molecule has 0 amide bonds. The molecule has 0 unspecified atom stereocenters. The van der Waals surface area contributed by atoms with E-state index in [0.717, 1.165) is 12.8 Å². The van der Waals surface area contributed by atoms with Gasteiger partial charge in [0.05, 0.1) is 0 Å². The summed E-state index contributed by atoms with van der Waals surface area (Å²) < 4.78 is 1.69. The Bertz CT molecular complexity index is 331. The summed E-state index contributed by atoms with van der Waals surface area (Å²) in [6.07, 6.45) is 3.69. The van der Waals surface area contributed by atoms with Crippen molar-refractivity contribution in [1.82, 2.24) is 14.8 Å². The highest BCUT2D eigenvalue weighted by Gasteiger charge is 2.43. The van der Waals surface area contributed by atoms with E-state index < -0.39 is 0 Å². The molecule has 1 fully saturated rings. The number of aromatic nitrogens is 3. The molecule has 13 heavy (non-hydrogen) atoms. The Kier molecular flexibility index (Phi) is 1.90. The van der Waals surface area contributed by atoms with Crippen LogP contribution < -0.4 is 0 Å². The molecule has 1 aromatic rings. The summed E-state index contributed by atoms with van der Waals surface area (Å²) in [4.78, 5) is 11.7. The van der Waals surface area contributed by atoms with Crippen molar-refractivity contribution in [3.8, 4) is 0 Å². The van der Waals surface area contributed by atoms with Crippen LogP contribution in [-0.4, -0.2) is 20.5 Å². The van der Waals surface area contributed by atoms with Gasteiger partial charge in [-0.05, 0) is 12.3 Å². The van der Waals surface area contributed by atoms with E-state index in [1.54, 1.807) is 17.9 Å². The van der Waals surface area contributed by atoms with Crippen LogP contribution >= 0.6 is 0 Å². The first-order valence-electron chi connectivity index (χ1n) is 4.62. The van der Waals surface area contributed by atoms with Crippen LogP contribution in [0.25, 0.3) is 0 Å². The second kappa shape index (κ2) is 2.94. The third-order valence-corrected chi connectivity index (χ3v) is 2.72. The zero-order valence-electron chi connectivity index (χ0n) is 7.90. The van der Waals surface area contributed by atoms with Gasteiger partial charge in [-0.3, -0.25) is 4.79 Å². The maximum absolute atomic E-state index is 11.7. The van der Waals surface area contributed by atoms with Crippen LogP contribution in [0.3, 0.4) is 0 Å². The van der Waals surface area contributed by atoms with E-state index in [9.17, 15) is 4.79 Å². The van der Waals surface area contributed by atoms with Crippen molar-refractivity contribution in [3.63, 3.8) is 0 Å². The number of aryl methyl sites for hydroxylation is 1. The predicted molar refractivity (Wildman–Crippen MR) is 47.2 cm³/mol. The Balaban J connectivity index is 2.11. The lowest BCUT2D eigenvalue weighted by Crippen LogP contribution is -2.10. The Morgan fingerprint density at radius 3 is 3.00 bits per heavy atom. The lowest BCUT2D eigenvalue weighted by Gasteiger charge is -1.97. The van der Waals surface area contributed by atoms with Crippen LogP contribution in [0.2, 0.25) is 0 Å². The molecule has 70 valence electrons. The molecule has 1 aliphatic carbocycles.